The molecule has 8 heteroatoms. The first-order valence-corrected chi connectivity index (χ1v) is 11.5. The minimum Gasteiger partial charge on any atom is -0.330 e. The number of nitrogens with zero attached hydrogens (tertiary/aromatic N) is 5. The highest BCUT2D eigenvalue weighted by Crippen LogP contribution is 2.32. The van der Waals surface area contributed by atoms with Crippen molar-refractivity contribution in [3.8, 4) is 23.1 Å². The quantitative estimate of drug-likeness (QED) is 0.462. The average Bonchev–Trinajstić information content (AvgIpc) is 3.29. The van der Waals surface area contributed by atoms with E-state index in [-0.39, 0.29) is 17.9 Å². The molecule has 1 aromatic carbocycles. The predicted molar refractivity (Wildman–Crippen MR) is 133 cm³/mol. The van der Waals surface area contributed by atoms with Crippen LogP contribution in [0.4, 0.5) is 5.82 Å². The zero-order valence-corrected chi connectivity index (χ0v) is 19.3. The number of carbonyl (C=O) groups is 2. The van der Waals surface area contributed by atoms with Crippen LogP contribution in [0, 0.1) is 11.8 Å². The Hall–Kier alpha value is -4.51. The Labute approximate surface area is 203 Å². The summed E-state index contributed by atoms with van der Waals surface area (Å²) in [5.74, 6) is 5.47. The number of hydrogen-bond donors (Lipinski definition) is 1. The summed E-state index contributed by atoms with van der Waals surface area (Å²) in [6, 6.07) is 14.7. The second-order valence-electron chi connectivity index (χ2n) is 8.35. The first-order valence-electron chi connectivity index (χ1n) is 11.5. The molecule has 1 unspecified atom stereocenters. The van der Waals surface area contributed by atoms with Crippen molar-refractivity contribution >= 4 is 28.5 Å². The van der Waals surface area contributed by atoms with E-state index < -0.39 is 0 Å². The molecule has 0 aliphatic carbocycles. The third-order valence-electron chi connectivity index (χ3n) is 6.10. The van der Waals surface area contributed by atoms with Crippen LogP contribution in [-0.4, -0.2) is 49.6 Å². The van der Waals surface area contributed by atoms with Crippen molar-refractivity contribution in [2.45, 2.75) is 25.8 Å². The Balaban J connectivity index is 1.43. The molecule has 5 rings (SSSR count). The number of carbonyl (C=O) groups excluding carboxylic acids is 2. The van der Waals surface area contributed by atoms with Gasteiger partial charge >= 0.3 is 0 Å². The second kappa shape index (κ2) is 9.77. The Morgan fingerprint density at radius 1 is 1.09 bits per heavy atom. The molecule has 0 spiro atoms. The van der Waals surface area contributed by atoms with Gasteiger partial charge in [-0.1, -0.05) is 24.1 Å². The van der Waals surface area contributed by atoms with Gasteiger partial charge in [0, 0.05) is 48.2 Å². The first kappa shape index (κ1) is 22.3. The number of pyridine rings is 2. The fraction of sp³-hybridized carbons (Fsp3) is 0.222. The molecule has 0 saturated carbocycles. The van der Waals surface area contributed by atoms with E-state index in [2.05, 4.69) is 27.1 Å². The maximum atomic E-state index is 12.6. The molecule has 2 amide bonds. The zero-order valence-electron chi connectivity index (χ0n) is 19.3. The fourth-order valence-electron chi connectivity index (χ4n) is 4.41. The highest BCUT2D eigenvalue weighted by atomic mass is 16.2. The molecule has 1 saturated heterocycles. The van der Waals surface area contributed by atoms with E-state index in [0.717, 1.165) is 35.0 Å². The van der Waals surface area contributed by atoms with Crippen LogP contribution < -0.4 is 5.32 Å². The van der Waals surface area contributed by atoms with Gasteiger partial charge in [0.15, 0.2) is 0 Å². The van der Waals surface area contributed by atoms with Crippen LogP contribution >= 0.6 is 0 Å². The van der Waals surface area contributed by atoms with Gasteiger partial charge in [0.25, 0.3) is 11.8 Å². The van der Waals surface area contributed by atoms with Gasteiger partial charge in [0.1, 0.15) is 11.5 Å². The summed E-state index contributed by atoms with van der Waals surface area (Å²) in [6.07, 6.45) is 7.01. The van der Waals surface area contributed by atoms with E-state index >= 15 is 0 Å². The van der Waals surface area contributed by atoms with Crippen molar-refractivity contribution in [1.29, 1.82) is 0 Å². The smallest absolute Gasteiger partial charge is 0.298 e. The topological polar surface area (TPSA) is 93.0 Å². The molecule has 1 fully saturated rings. The number of hydrogen-bond acceptors (Lipinski definition) is 5. The van der Waals surface area contributed by atoms with Gasteiger partial charge in [-0.15, -0.1) is 0 Å². The second-order valence-corrected chi connectivity index (χ2v) is 8.35. The van der Waals surface area contributed by atoms with E-state index in [0.29, 0.717) is 24.5 Å². The summed E-state index contributed by atoms with van der Waals surface area (Å²) in [7, 11) is 0. The van der Waals surface area contributed by atoms with Crippen molar-refractivity contribution in [3.05, 3.63) is 72.7 Å². The van der Waals surface area contributed by atoms with E-state index in [9.17, 15) is 9.59 Å². The number of rotatable bonds is 4. The van der Waals surface area contributed by atoms with Crippen LogP contribution in [0.2, 0.25) is 0 Å². The Bertz CT molecular complexity index is 1430. The molecule has 35 heavy (non-hydrogen) atoms. The molecule has 4 aromatic rings. The Kier molecular flexibility index (Phi) is 6.22. The van der Waals surface area contributed by atoms with E-state index in [1.54, 1.807) is 48.5 Å². The standard InChI is InChI=1S/C27H24N6O2/c1-2-6-25(34)32-16-5-7-21(18-32)33-23-13-15-28-17-22(23)26(31-33)19-9-11-20(12-10-19)27(35)30-24-8-3-4-14-29-24/h3-4,8-15,17,21H,5,7,16,18H2,1H3,(H,29,30,35). The lowest BCUT2D eigenvalue weighted by atomic mass is 10.1. The predicted octanol–water partition coefficient (Wildman–Crippen LogP) is 3.93. The zero-order chi connectivity index (χ0) is 24.2. The van der Waals surface area contributed by atoms with Crippen molar-refractivity contribution in [2.75, 3.05) is 18.4 Å². The van der Waals surface area contributed by atoms with Crippen LogP contribution in [0.15, 0.2) is 67.1 Å². The van der Waals surface area contributed by atoms with Crippen molar-refractivity contribution < 1.29 is 9.59 Å². The molecule has 8 nitrogen and oxygen atoms in total. The molecule has 1 aliphatic heterocycles. The molecule has 1 aliphatic rings. The third-order valence-corrected chi connectivity index (χ3v) is 6.10. The van der Waals surface area contributed by atoms with Crippen molar-refractivity contribution in [1.82, 2.24) is 24.6 Å². The van der Waals surface area contributed by atoms with Crippen LogP contribution in [-0.2, 0) is 4.79 Å². The SMILES string of the molecule is CC#CC(=O)N1CCCC(n2nc(-c3ccc(C(=O)Nc4ccccn4)cc3)c3cnccc32)C1. The molecule has 1 atom stereocenters. The highest BCUT2D eigenvalue weighted by Gasteiger charge is 2.27. The van der Waals surface area contributed by atoms with Gasteiger partial charge in [-0.05, 0) is 56.0 Å². The Morgan fingerprint density at radius 2 is 1.94 bits per heavy atom. The number of piperidine rings is 1. The molecule has 0 radical (unpaired) electrons. The molecule has 3 aromatic heterocycles. The molecular formula is C27H24N6O2. The first-order chi connectivity index (χ1) is 17.1. The van der Waals surface area contributed by atoms with E-state index in [1.807, 2.05) is 35.1 Å². The third kappa shape index (κ3) is 4.62. The highest BCUT2D eigenvalue weighted by molar-refractivity contribution is 6.04. The van der Waals surface area contributed by atoms with Crippen LogP contribution in [0.25, 0.3) is 22.2 Å². The maximum Gasteiger partial charge on any atom is 0.298 e. The lowest BCUT2D eigenvalue weighted by molar-refractivity contribution is -0.126. The minimum absolute atomic E-state index is 0.0495. The van der Waals surface area contributed by atoms with Crippen LogP contribution in [0.5, 0.6) is 0 Å². The molecule has 174 valence electrons. The molecule has 0 bridgehead atoms. The summed E-state index contributed by atoms with van der Waals surface area (Å²) >= 11 is 0. The maximum absolute atomic E-state index is 12.6. The number of anilines is 1. The monoisotopic (exact) mass is 464 g/mol. The van der Waals surface area contributed by atoms with Gasteiger partial charge in [-0.3, -0.25) is 19.3 Å². The molecule has 4 heterocycles. The molecular weight excluding hydrogens is 440 g/mol. The number of likely N-dealkylation sites (tertiary alicyclic amines) is 1. The largest absolute Gasteiger partial charge is 0.330 e. The normalized spacial score (nSPS) is 15.3. The lowest BCUT2D eigenvalue weighted by Gasteiger charge is -2.32. The number of fused-ring (bicyclic) bond motifs is 1. The van der Waals surface area contributed by atoms with E-state index in [4.69, 9.17) is 5.10 Å². The number of aromatic nitrogens is 4. The Morgan fingerprint density at radius 3 is 2.71 bits per heavy atom. The fourth-order valence-corrected chi connectivity index (χ4v) is 4.41. The van der Waals surface area contributed by atoms with Crippen molar-refractivity contribution in [2.24, 2.45) is 0 Å². The average molecular weight is 465 g/mol. The van der Waals surface area contributed by atoms with Crippen LogP contribution in [0.1, 0.15) is 36.2 Å². The van der Waals surface area contributed by atoms with Gasteiger partial charge in [-0.25, -0.2) is 4.98 Å². The lowest BCUT2D eigenvalue weighted by Crippen LogP contribution is -2.40. The van der Waals surface area contributed by atoms with Gasteiger partial charge in [0.05, 0.1) is 11.6 Å². The number of amides is 2. The van der Waals surface area contributed by atoms with Gasteiger partial charge < -0.3 is 10.2 Å². The van der Waals surface area contributed by atoms with Gasteiger partial charge in [0.2, 0.25) is 0 Å². The van der Waals surface area contributed by atoms with Gasteiger partial charge in [-0.2, -0.15) is 5.10 Å². The summed E-state index contributed by atoms with van der Waals surface area (Å²) in [5.41, 5.74) is 3.17. The summed E-state index contributed by atoms with van der Waals surface area (Å²) in [5, 5.41) is 8.68. The summed E-state index contributed by atoms with van der Waals surface area (Å²) in [4.78, 5) is 35.2. The van der Waals surface area contributed by atoms with Crippen molar-refractivity contribution in [3.63, 3.8) is 0 Å². The molecule has 1 N–H and O–H groups in total. The summed E-state index contributed by atoms with van der Waals surface area (Å²) in [6.45, 7) is 2.95. The minimum atomic E-state index is -0.227. The number of benzene rings is 1. The van der Waals surface area contributed by atoms with Crippen LogP contribution in [0.3, 0.4) is 0 Å². The number of nitrogens with one attached hydrogen (secondary N) is 1. The summed E-state index contributed by atoms with van der Waals surface area (Å²) < 4.78 is 2.01. The van der Waals surface area contributed by atoms with E-state index in [1.165, 1.54) is 0 Å².